The van der Waals surface area contributed by atoms with Crippen molar-refractivity contribution >= 4 is 28.4 Å². The summed E-state index contributed by atoms with van der Waals surface area (Å²) in [6, 6.07) is 5.99. The molecule has 1 aromatic heterocycles. The Labute approximate surface area is 118 Å². The molecule has 2 aromatic rings. The predicted molar refractivity (Wildman–Crippen MR) is 86.5 cm³/mol. The van der Waals surface area contributed by atoms with E-state index in [0.29, 0.717) is 19.0 Å². The SMILES string of the molecule is C=CCNc1nc(NCC=C)c2cc(NC)ccc2n1. The number of fused-ring (bicyclic) bond motifs is 1. The first-order valence-electron chi connectivity index (χ1n) is 6.47. The van der Waals surface area contributed by atoms with E-state index >= 15 is 0 Å². The monoisotopic (exact) mass is 269 g/mol. The second-order valence-corrected chi connectivity index (χ2v) is 4.22. The lowest BCUT2D eigenvalue weighted by Crippen LogP contribution is -2.08. The number of nitrogens with zero attached hydrogens (tertiary/aromatic N) is 2. The van der Waals surface area contributed by atoms with Crippen LogP contribution in [0.15, 0.2) is 43.5 Å². The van der Waals surface area contributed by atoms with Crippen LogP contribution in [0.4, 0.5) is 17.5 Å². The molecule has 0 unspecified atom stereocenters. The topological polar surface area (TPSA) is 61.9 Å². The van der Waals surface area contributed by atoms with Gasteiger partial charge in [-0.05, 0) is 18.2 Å². The first kappa shape index (κ1) is 13.9. The zero-order chi connectivity index (χ0) is 14.4. The van der Waals surface area contributed by atoms with Crippen molar-refractivity contribution in [3.63, 3.8) is 0 Å². The van der Waals surface area contributed by atoms with Crippen molar-refractivity contribution in [2.75, 3.05) is 36.1 Å². The van der Waals surface area contributed by atoms with E-state index in [0.717, 1.165) is 22.4 Å². The lowest BCUT2D eigenvalue weighted by molar-refractivity contribution is 1.14. The molecular formula is C15H19N5. The highest BCUT2D eigenvalue weighted by Gasteiger charge is 2.07. The van der Waals surface area contributed by atoms with Gasteiger partial charge in [-0.25, -0.2) is 4.98 Å². The molecule has 0 radical (unpaired) electrons. The standard InChI is InChI=1S/C15H19N5/c1-4-8-17-14-12-10-11(16-3)6-7-13(12)19-15(20-14)18-9-5-2/h4-7,10,16H,1-2,8-9H2,3H3,(H2,17,18,19,20). The molecule has 5 heteroatoms. The molecule has 0 bridgehead atoms. The van der Waals surface area contributed by atoms with Gasteiger partial charge in [-0.2, -0.15) is 4.98 Å². The van der Waals surface area contributed by atoms with Gasteiger partial charge < -0.3 is 16.0 Å². The molecule has 2 rings (SSSR count). The number of rotatable bonds is 7. The maximum Gasteiger partial charge on any atom is 0.225 e. The fraction of sp³-hybridized carbons (Fsp3) is 0.200. The van der Waals surface area contributed by atoms with Gasteiger partial charge in [0.05, 0.1) is 5.52 Å². The van der Waals surface area contributed by atoms with Gasteiger partial charge in [-0.3, -0.25) is 0 Å². The van der Waals surface area contributed by atoms with E-state index in [1.165, 1.54) is 0 Å². The van der Waals surface area contributed by atoms with Crippen molar-refractivity contribution in [3.05, 3.63) is 43.5 Å². The van der Waals surface area contributed by atoms with Crippen LogP contribution < -0.4 is 16.0 Å². The Kier molecular flexibility index (Phi) is 4.55. The quantitative estimate of drug-likeness (QED) is 0.675. The highest BCUT2D eigenvalue weighted by atomic mass is 15.1. The van der Waals surface area contributed by atoms with E-state index in [2.05, 4.69) is 39.1 Å². The highest BCUT2D eigenvalue weighted by molar-refractivity contribution is 5.92. The second kappa shape index (κ2) is 6.56. The van der Waals surface area contributed by atoms with E-state index in [1.807, 2.05) is 25.2 Å². The summed E-state index contributed by atoms with van der Waals surface area (Å²) in [6.07, 6.45) is 3.57. The fourth-order valence-electron chi connectivity index (χ4n) is 1.83. The summed E-state index contributed by atoms with van der Waals surface area (Å²) >= 11 is 0. The summed E-state index contributed by atoms with van der Waals surface area (Å²) in [5.41, 5.74) is 1.91. The molecule has 1 heterocycles. The molecule has 0 spiro atoms. The van der Waals surface area contributed by atoms with Crippen molar-refractivity contribution in [1.29, 1.82) is 0 Å². The van der Waals surface area contributed by atoms with Crippen molar-refractivity contribution in [3.8, 4) is 0 Å². The molecule has 5 nitrogen and oxygen atoms in total. The molecule has 0 amide bonds. The van der Waals surface area contributed by atoms with Gasteiger partial charge in [-0.1, -0.05) is 12.2 Å². The second-order valence-electron chi connectivity index (χ2n) is 4.22. The fourth-order valence-corrected chi connectivity index (χ4v) is 1.83. The van der Waals surface area contributed by atoms with Crippen LogP contribution in [0.3, 0.4) is 0 Å². The lowest BCUT2D eigenvalue weighted by atomic mass is 10.2. The van der Waals surface area contributed by atoms with Crippen LogP contribution in [0.25, 0.3) is 10.9 Å². The van der Waals surface area contributed by atoms with Crippen molar-refractivity contribution in [2.24, 2.45) is 0 Å². The minimum atomic E-state index is 0.584. The van der Waals surface area contributed by atoms with E-state index in [1.54, 1.807) is 12.2 Å². The van der Waals surface area contributed by atoms with Gasteiger partial charge in [0, 0.05) is 31.2 Å². The molecule has 0 fully saturated rings. The summed E-state index contributed by atoms with van der Waals surface area (Å²) in [5.74, 6) is 1.37. The largest absolute Gasteiger partial charge is 0.388 e. The zero-order valence-corrected chi connectivity index (χ0v) is 11.6. The maximum absolute atomic E-state index is 4.49. The Hall–Kier alpha value is -2.56. The van der Waals surface area contributed by atoms with Crippen molar-refractivity contribution < 1.29 is 0 Å². The van der Waals surface area contributed by atoms with Gasteiger partial charge in [0.25, 0.3) is 0 Å². The average Bonchev–Trinajstić information content (AvgIpc) is 2.50. The molecule has 3 N–H and O–H groups in total. The lowest BCUT2D eigenvalue weighted by Gasteiger charge is -2.11. The van der Waals surface area contributed by atoms with E-state index in [9.17, 15) is 0 Å². The molecule has 0 saturated carbocycles. The first-order valence-corrected chi connectivity index (χ1v) is 6.47. The number of aromatic nitrogens is 2. The molecule has 0 saturated heterocycles. The van der Waals surface area contributed by atoms with Crippen LogP contribution in [0.2, 0.25) is 0 Å². The number of benzene rings is 1. The first-order chi connectivity index (χ1) is 9.78. The van der Waals surface area contributed by atoms with Gasteiger partial charge in [-0.15, -0.1) is 13.2 Å². The van der Waals surface area contributed by atoms with E-state index in [4.69, 9.17) is 0 Å². The Balaban J connectivity index is 2.48. The average molecular weight is 269 g/mol. The van der Waals surface area contributed by atoms with Crippen LogP contribution in [-0.2, 0) is 0 Å². The Morgan fingerprint density at radius 3 is 2.55 bits per heavy atom. The van der Waals surface area contributed by atoms with Gasteiger partial charge in [0.1, 0.15) is 5.82 Å². The van der Waals surface area contributed by atoms with Gasteiger partial charge in [0.2, 0.25) is 5.95 Å². The van der Waals surface area contributed by atoms with Crippen LogP contribution in [0.5, 0.6) is 0 Å². The number of hydrogen-bond donors (Lipinski definition) is 3. The number of anilines is 3. The third kappa shape index (κ3) is 3.06. The summed E-state index contributed by atoms with van der Waals surface area (Å²) in [6.45, 7) is 8.67. The maximum atomic E-state index is 4.49. The molecular weight excluding hydrogens is 250 g/mol. The molecule has 20 heavy (non-hydrogen) atoms. The van der Waals surface area contributed by atoms with E-state index < -0.39 is 0 Å². The molecule has 0 aliphatic rings. The summed E-state index contributed by atoms with van der Waals surface area (Å²) in [7, 11) is 1.89. The van der Waals surface area contributed by atoms with E-state index in [-0.39, 0.29) is 0 Å². The molecule has 0 aliphatic carbocycles. The minimum absolute atomic E-state index is 0.584. The van der Waals surface area contributed by atoms with Gasteiger partial charge >= 0.3 is 0 Å². The normalized spacial score (nSPS) is 10.1. The number of nitrogens with one attached hydrogen (secondary N) is 3. The third-order valence-corrected chi connectivity index (χ3v) is 2.80. The highest BCUT2D eigenvalue weighted by Crippen LogP contribution is 2.25. The third-order valence-electron chi connectivity index (χ3n) is 2.80. The smallest absolute Gasteiger partial charge is 0.225 e. The Morgan fingerprint density at radius 1 is 1.10 bits per heavy atom. The van der Waals surface area contributed by atoms with Crippen LogP contribution >= 0.6 is 0 Å². The van der Waals surface area contributed by atoms with Crippen LogP contribution in [0.1, 0.15) is 0 Å². The molecule has 0 aliphatic heterocycles. The van der Waals surface area contributed by atoms with Crippen LogP contribution in [0, 0.1) is 0 Å². The summed E-state index contributed by atoms with van der Waals surface area (Å²) < 4.78 is 0. The predicted octanol–water partition coefficient (Wildman–Crippen LogP) is 2.87. The Morgan fingerprint density at radius 2 is 1.85 bits per heavy atom. The molecule has 0 atom stereocenters. The minimum Gasteiger partial charge on any atom is -0.388 e. The Bertz CT molecular complexity index is 621. The zero-order valence-electron chi connectivity index (χ0n) is 11.6. The van der Waals surface area contributed by atoms with Gasteiger partial charge in [0.15, 0.2) is 0 Å². The molecule has 1 aromatic carbocycles. The van der Waals surface area contributed by atoms with Crippen molar-refractivity contribution in [1.82, 2.24) is 9.97 Å². The summed E-state index contributed by atoms with van der Waals surface area (Å²) in [4.78, 5) is 8.99. The van der Waals surface area contributed by atoms with Crippen LogP contribution in [-0.4, -0.2) is 30.1 Å². The van der Waals surface area contributed by atoms with Crippen molar-refractivity contribution in [2.45, 2.75) is 0 Å². The molecule has 104 valence electrons. The number of hydrogen-bond acceptors (Lipinski definition) is 5. The summed E-state index contributed by atoms with van der Waals surface area (Å²) in [5, 5.41) is 10.4.